The van der Waals surface area contributed by atoms with Crippen molar-refractivity contribution in [3.63, 3.8) is 0 Å². The number of thiazole rings is 1. The summed E-state index contributed by atoms with van der Waals surface area (Å²) in [5.74, 6) is 0. The standard InChI is InChI=1S/C11H14N2S/c1-3-4-8-5-7(2)10-11(9(8)12)14-6-13-10/h5-6H,3-4,12H2,1-2H3. The quantitative estimate of drug-likeness (QED) is 0.767. The van der Waals surface area contributed by atoms with Crippen LogP contribution in [0.15, 0.2) is 11.6 Å². The highest BCUT2D eigenvalue weighted by Gasteiger charge is 2.08. The van der Waals surface area contributed by atoms with Gasteiger partial charge in [-0.05, 0) is 24.5 Å². The summed E-state index contributed by atoms with van der Waals surface area (Å²) < 4.78 is 1.15. The Labute approximate surface area is 87.8 Å². The van der Waals surface area contributed by atoms with Crippen molar-refractivity contribution in [3.8, 4) is 0 Å². The van der Waals surface area contributed by atoms with E-state index in [1.54, 1.807) is 11.3 Å². The molecule has 1 aromatic carbocycles. The highest BCUT2D eigenvalue weighted by atomic mass is 32.1. The lowest BCUT2D eigenvalue weighted by atomic mass is 10.0. The molecule has 0 aliphatic rings. The van der Waals surface area contributed by atoms with Crippen LogP contribution in [0, 0.1) is 6.92 Å². The minimum absolute atomic E-state index is 0.926. The van der Waals surface area contributed by atoms with Crippen LogP contribution in [0.25, 0.3) is 10.2 Å². The Balaban J connectivity index is 2.68. The van der Waals surface area contributed by atoms with Crippen molar-refractivity contribution in [2.45, 2.75) is 26.7 Å². The zero-order chi connectivity index (χ0) is 10.1. The maximum Gasteiger partial charge on any atom is 0.0862 e. The lowest BCUT2D eigenvalue weighted by Crippen LogP contribution is -1.95. The van der Waals surface area contributed by atoms with Crippen molar-refractivity contribution in [1.82, 2.24) is 4.98 Å². The number of nitrogen functional groups attached to an aromatic ring is 1. The molecular formula is C11H14N2S. The molecule has 1 aromatic heterocycles. The minimum atomic E-state index is 0.926. The average Bonchev–Trinajstić information content (AvgIpc) is 2.63. The van der Waals surface area contributed by atoms with Gasteiger partial charge in [-0.1, -0.05) is 19.4 Å². The normalized spacial score (nSPS) is 11.0. The fourth-order valence-electron chi connectivity index (χ4n) is 1.75. The SMILES string of the molecule is CCCc1cc(C)c2ncsc2c1N. The van der Waals surface area contributed by atoms with Crippen LogP contribution in [0.5, 0.6) is 0 Å². The van der Waals surface area contributed by atoms with E-state index in [2.05, 4.69) is 24.9 Å². The van der Waals surface area contributed by atoms with Crippen LogP contribution in [-0.4, -0.2) is 4.98 Å². The molecule has 0 amide bonds. The summed E-state index contributed by atoms with van der Waals surface area (Å²) in [5, 5.41) is 0. The second-order valence-electron chi connectivity index (χ2n) is 3.55. The third kappa shape index (κ3) is 1.38. The van der Waals surface area contributed by atoms with Crippen LogP contribution < -0.4 is 5.73 Å². The second-order valence-corrected chi connectivity index (χ2v) is 4.40. The predicted molar refractivity (Wildman–Crippen MR) is 62.8 cm³/mol. The van der Waals surface area contributed by atoms with Crippen molar-refractivity contribution in [2.24, 2.45) is 0 Å². The number of rotatable bonds is 2. The van der Waals surface area contributed by atoms with Gasteiger partial charge in [0.05, 0.1) is 21.4 Å². The van der Waals surface area contributed by atoms with Gasteiger partial charge in [-0.25, -0.2) is 4.98 Å². The highest BCUT2D eigenvalue weighted by molar-refractivity contribution is 7.17. The van der Waals surface area contributed by atoms with Crippen molar-refractivity contribution in [2.75, 3.05) is 5.73 Å². The summed E-state index contributed by atoms with van der Waals surface area (Å²) >= 11 is 1.63. The molecule has 2 N–H and O–H groups in total. The van der Waals surface area contributed by atoms with E-state index in [9.17, 15) is 0 Å². The summed E-state index contributed by atoms with van der Waals surface area (Å²) in [7, 11) is 0. The number of aromatic nitrogens is 1. The molecular weight excluding hydrogens is 192 g/mol. The number of benzene rings is 1. The second kappa shape index (κ2) is 3.58. The molecule has 3 heteroatoms. The molecule has 2 aromatic rings. The molecule has 74 valence electrons. The first kappa shape index (κ1) is 9.46. The molecule has 0 atom stereocenters. The van der Waals surface area contributed by atoms with Gasteiger partial charge in [0.25, 0.3) is 0 Å². The lowest BCUT2D eigenvalue weighted by Gasteiger charge is -2.06. The molecule has 0 saturated heterocycles. The molecule has 0 unspecified atom stereocenters. The van der Waals surface area contributed by atoms with Crippen LogP contribution in [-0.2, 0) is 6.42 Å². The minimum Gasteiger partial charge on any atom is -0.397 e. The van der Waals surface area contributed by atoms with E-state index in [1.165, 1.54) is 11.1 Å². The fraction of sp³-hybridized carbons (Fsp3) is 0.364. The summed E-state index contributed by atoms with van der Waals surface area (Å²) in [5.41, 5.74) is 12.4. The Hall–Kier alpha value is -1.09. The van der Waals surface area contributed by atoms with Gasteiger partial charge < -0.3 is 5.73 Å². The van der Waals surface area contributed by atoms with Gasteiger partial charge in [-0.15, -0.1) is 11.3 Å². The Morgan fingerprint density at radius 1 is 1.50 bits per heavy atom. The van der Waals surface area contributed by atoms with Gasteiger partial charge in [-0.2, -0.15) is 0 Å². The summed E-state index contributed by atoms with van der Waals surface area (Å²) in [6, 6.07) is 2.17. The molecule has 1 heterocycles. The van der Waals surface area contributed by atoms with Crippen LogP contribution in [0.3, 0.4) is 0 Å². The van der Waals surface area contributed by atoms with Gasteiger partial charge in [0.15, 0.2) is 0 Å². The molecule has 0 spiro atoms. The smallest absolute Gasteiger partial charge is 0.0862 e. The zero-order valence-corrected chi connectivity index (χ0v) is 9.32. The van der Waals surface area contributed by atoms with Gasteiger partial charge in [0, 0.05) is 0 Å². The number of aryl methyl sites for hydroxylation is 2. The molecule has 2 nitrogen and oxygen atoms in total. The van der Waals surface area contributed by atoms with Crippen LogP contribution in [0.1, 0.15) is 24.5 Å². The highest BCUT2D eigenvalue weighted by Crippen LogP contribution is 2.31. The Morgan fingerprint density at radius 2 is 2.29 bits per heavy atom. The molecule has 14 heavy (non-hydrogen) atoms. The van der Waals surface area contributed by atoms with Crippen LogP contribution >= 0.6 is 11.3 Å². The third-order valence-electron chi connectivity index (χ3n) is 2.44. The zero-order valence-electron chi connectivity index (χ0n) is 8.50. The molecule has 0 aliphatic carbocycles. The van der Waals surface area contributed by atoms with Crippen molar-refractivity contribution in [1.29, 1.82) is 0 Å². The van der Waals surface area contributed by atoms with E-state index in [-0.39, 0.29) is 0 Å². The first-order chi connectivity index (χ1) is 6.74. The Kier molecular flexibility index (Phi) is 2.42. The number of anilines is 1. The summed E-state index contributed by atoms with van der Waals surface area (Å²) in [6.45, 7) is 4.27. The summed E-state index contributed by atoms with van der Waals surface area (Å²) in [6.07, 6.45) is 2.19. The molecule has 2 rings (SSSR count). The molecule has 0 bridgehead atoms. The number of fused-ring (bicyclic) bond motifs is 1. The maximum absolute atomic E-state index is 6.09. The van der Waals surface area contributed by atoms with Crippen molar-refractivity contribution >= 4 is 27.2 Å². The average molecular weight is 206 g/mol. The topological polar surface area (TPSA) is 38.9 Å². The molecule has 0 aliphatic heterocycles. The first-order valence-corrected chi connectivity index (χ1v) is 5.73. The van der Waals surface area contributed by atoms with Gasteiger partial charge in [0.2, 0.25) is 0 Å². The molecule has 0 saturated carbocycles. The number of nitrogens with zero attached hydrogens (tertiary/aromatic N) is 1. The van der Waals surface area contributed by atoms with Crippen molar-refractivity contribution in [3.05, 3.63) is 22.7 Å². The van der Waals surface area contributed by atoms with E-state index in [1.807, 2.05) is 5.51 Å². The number of hydrogen-bond acceptors (Lipinski definition) is 3. The number of nitrogens with two attached hydrogens (primary N) is 1. The van der Waals surface area contributed by atoms with E-state index in [0.717, 1.165) is 28.7 Å². The van der Waals surface area contributed by atoms with Crippen LogP contribution in [0.2, 0.25) is 0 Å². The van der Waals surface area contributed by atoms with Gasteiger partial charge in [-0.3, -0.25) is 0 Å². The largest absolute Gasteiger partial charge is 0.397 e. The maximum atomic E-state index is 6.09. The summed E-state index contributed by atoms with van der Waals surface area (Å²) in [4.78, 5) is 4.32. The monoisotopic (exact) mass is 206 g/mol. The Morgan fingerprint density at radius 3 is 3.00 bits per heavy atom. The molecule has 0 fully saturated rings. The van der Waals surface area contributed by atoms with Gasteiger partial charge >= 0.3 is 0 Å². The molecule has 0 radical (unpaired) electrons. The predicted octanol–water partition coefficient (Wildman–Crippen LogP) is 3.14. The van der Waals surface area contributed by atoms with E-state index >= 15 is 0 Å². The third-order valence-corrected chi connectivity index (χ3v) is 3.30. The van der Waals surface area contributed by atoms with Gasteiger partial charge in [0.1, 0.15) is 0 Å². The Bertz CT molecular complexity index is 460. The van der Waals surface area contributed by atoms with Crippen molar-refractivity contribution < 1.29 is 0 Å². The van der Waals surface area contributed by atoms with E-state index in [4.69, 9.17) is 5.73 Å². The fourth-order valence-corrected chi connectivity index (χ4v) is 2.59. The van der Waals surface area contributed by atoms with E-state index < -0.39 is 0 Å². The van der Waals surface area contributed by atoms with Crippen LogP contribution in [0.4, 0.5) is 5.69 Å². The lowest BCUT2D eigenvalue weighted by molar-refractivity contribution is 0.924. The first-order valence-electron chi connectivity index (χ1n) is 4.85. The number of hydrogen-bond donors (Lipinski definition) is 1. The van der Waals surface area contributed by atoms with E-state index in [0.29, 0.717) is 0 Å².